The van der Waals surface area contributed by atoms with Gasteiger partial charge in [-0.15, -0.1) is 0 Å². The van der Waals surface area contributed by atoms with Crippen molar-refractivity contribution in [3.8, 4) is 0 Å². The first kappa shape index (κ1) is 8.79. The van der Waals surface area contributed by atoms with E-state index in [1.54, 1.807) is 0 Å². The predicted molar refractivity (Wildman–Crippen MR) is 51.7 cm³/mol. The smallest absolute Gasteiger partial charge is 0.0216 e. The van der Waals surface area contributed by atoms with E-state index in [0.717, 1.165) is 0 Å². The van der Waals surface area contributed by atoms with Crippen LogP contribution in [0.3, 0.4) is 0 Å². The molecule has 1 rings (SSSR count). The van der Waals surface area contributed by atoms with Gasteiger partial charge in [0.1, 0.15) is 0 Å². The van der Waals surface area contributed by atoms with Crippen LogP contribution in [-0.4, -0.2) is 0 Å². The third-order valence-electron chi connectivity index (χ3n) is 1.94. The molecule has 0 saturated heterocycles. The fourth-order valence-corrected chi connectivity index (χ4v) is 1.67. The molecule has 0 amide bonds. The molecule has 1 radical (unpaired) electrons. The van der Waals surface area contributed by atoms with Gasteiger partial charge >= 0.3 is 0 Å². The molecule has 0 heterocycles. The largest absolute Gasteiger partial charge is 0.0648 e. The Bertz CT molecular complexity index is 230. The molecular formula is C10H12Br. The molecule has 0 fully saturated rings. The van der Waals surface area contributed by atoms with Crippen LogP contribution in [-0.2, 0) is 0 Å². The zero-order valence-electron chi connectivity index (χ0n) is 6.89. The molecule has 11 heavy (non-hydrogen) atoms. The first-order valence-electron chi connectivity index (χ1n) is 3.91. The SMILES string of the molecule is CCC(C)c1[c]cccc1Br. The molecule has 0 aromatic heterocycles. The van der Waals surface area contributed by atoms with E-state index in [0.29, 0.717) is 5.92 Å². The molecule has 0 N–H and O–H groups in total. The van der Waals surface area contributed by atoms with Crippen LogP contribution >= 0.6 is 15.9 Å². The Morgan fingerprint density at radius 1 is 1.64 bits per heavy atom. The van der Waals surface area contributed by atoms with Crippen LogP contribution < -0.4 is 0 Å². The molecule has 1 unspecified atom stereocenters. The minimum atomic E-state index is 0.602. The van der Waals surface area contributed by atoms with Crippen LogP contribution in [0.15, 0.2) is 22.7 Å². The minimum absolute atomic E-state index is 0.602. The molecular weight excluding hydrogens is 200 g/mol. The summed E-state index contributed by atoms with van der Waals surface area (Å²) in [5.74, 6) is 0.602. The summed E-state index contributed by atoms with van der Waals surface area (Å²) in [5.41, 5.74) is 1.29. The quantitative estimate of drug-likeness (QED) is 0.700. The third kappa shape index (κ3) is 2.06. The van der Waals surface area contributed by atoms with Crippen molar-refractivity contribution in [3.05, 3.63) is 34.3 Å². The van der Waals surface area contributed by atoms with Crippen LogP contribution in [0.5, 0.6) is 0 Å². The van der Waals surface area contributed by atoms with Crippen molar-refractivity contribution in [1.29, 1.82) is 0 Å². The van der Waals surface area contributed by atoms with Crippen LogP contribution in [0.1, 0.15) is 31.7 Å². The number of hydrogen-bond acceptors (Lipinski definition) is 0. The van der Waals surface area contributed by atoms with Crippen molar-refractivity contribution in [2.24, 2.45) is 0 Å². The maximum Gasteiger partial charge on any atom is 0.0216 e. The second-order valence-electron chi connectivity index (χ2n) is 2.74. The first-order valence-corrected chi connectivity index (χ1v) is 4.71. The second kappa shape index (κ2) is 3.91. The first-order chi connectivity index (χ1) is 5.25. The highest BCUT2D eigenvalue weighted by atomic mass is 79.9. The Kier molecular flexibility index (Phi) is 3.13. The van der Waals surface area contributed by atoms with E-state index in [4.69, 9.17) is 0 Å². The zero-order valence-corrected chi connectivity index (χ0v) is 8.48. The van der Waals surface area contributed by atoms with Crippen molar-refractivity contribution in [2.75, 3.05) is 0 Å². The van der Waals surface area contributed by atoms with Gasteiger partial charge in [0, 0.05) is 4.47 Å². The van der Waals surface area contributed by atoms with Gasteiger partial charge in [0.25, 0.3) is 0 Å². The predicted octanol–water partition coefficient (Wildman–Crippen LogP) is 3.76. The van der Waals surface area contributed by atoms with Gasteiger partial charge in [-0.25, -0.2) is 0 Å². The van der Waals surface area contributed by atoms with Gasteiger partial charge in [0.15, 0.2) is 0 Å². The Labute approximate surface area is 76.8 Å². The number of hydrogen-bond donors (Lipinski definition) is 0. The fraction of sp³-hybridized carbons (Fsp3) is 0.400. The number of rotatable bonds is 2. The van der Waals surface area contributed by atoms with E-state index in [-0.39, 0.29) is 0 Å². The molecule has 0 aliphatic carbocycles. The Hall–Kier alpha value is -0.300. The standard InChI is InChI=1S/C10H12Br/c1-3-8(2)9-6-4-5-7-10(9)11/h4-5,7-8H,3H2,1-2H3. The van der Waals surface area contributed by atoms with Crippen LogP contribution in [0.25, 0.3) is 0 Å². The summed E-state index contributed by atoms with van der Waals surface area (Å²) >= 11 is 3.51. The highest BCUT2D eigenvalue weighted by Crippen LogP contribution is 2.25. The zero-order chi connectivity index (χ0) is 8.27. The summed E-state index contributed by atoms with van der Waals surface area (Å²) in [6.07, 6.45) is 1.17. The van der Waals surface area contributed by atoms with Crippen molar-refractivity contribution < 1.29 is 0 Å². The molecule has 1 aromatic rings. The normalized spacial score (nSPS) is 13.0. The van der Waals surface area contributed by atoms with Crippen LogP contribution in [0.4, 0.5) is 0 Å². The molecule has 1 aromatic carbocycles. The molecule has 59 valence electrons. The summed E-state index contributed by atoms with van der Waals surface area (Å²) in [7, 11) is 0. The van der Waals surface area contributed by atoms with Crippen LogP contribution in [0, 0.1) is 6.07 Å². The van der Waals surface area contributed by atoms with Gasteiger partial charge in [-0.1, -0.05) is 41.9 Å². The van der Waals surface area contributed by atoms with E-state index in [2.05, 4.69) is 41.9 Å². The molecule has 0 nitrogen and oxygen atoms in total. The lowest BCUT2D eigenvalue weighted by Gasteiger charge is -2.09. The maximum absolute atomic E-state index is 3.51. The second-order valence-corrected chi connectivity index (χ2v) is 3.60. The lowest BCUT2D eigenvalue weighted by molar-refractivity contribution is 0.729. The van der Waals surface area contributed by atoms with E-state index in [9.17, 15) is 0 Å². The lowest BCUT2D eigenvalue weighted by Crippen LogP contribution is -1.91. The number of halogens is 1. The average Bonchev–Trinajstić information content (AvgIpc) is 2.04. The van der Waals surface area contributed by atoms with Crippen LogP contribution in [0.2, 0.25) is 0 Å². The fourth-order valence-electron chi connectivity index (χ4n) is 1.01. The Morgan fingerprint density at radius 2 is 2.36 bits per heavy atom. The Balaban J connectivity index is 2.93. The monoisotopic (exact) mass is 211 g/mol. The minimum Gasteiger partial charge on any atom is -0.0648 e. The summed E-state index contributed by atoms with van der Waals surface area (Å²) in [4.78, 5) is 0. The van der Waals surface area contributed by atoms with Gasteiger partial charge in [-0.3, -0.25) is 0 Å². The molecule has 1 heteroatoms. The van der Waals surface area contributed by atoms with Crippen molar-refractivity contribution >= 4 is 15.9 Å². The Morgan fingerprint density at radius 3 is 2.91 bits per heavy atom. The van der Waals surface area contributed by atoms with E-state index in [1.165, 1.54) is 16.5 Å². The summed E-state index contributed by atoms with van der Waals surface area (Å²) in [5, 5.41) is 0. The average molecular weight is 212 g/mol. The van der Waals surface area contributed by atoms with E-state index in [1.807, 2.05) is 12.1 Å². The highest BCUT2D eigenvalue weighted by Gasteiger charge is 2.05. The maximum atomic E-state index is 3.51. The summed E-state index contributed by atoms with van der Waals surface area (Å²) in [6.45, 7) is 4.41. The van der Waals surface area contributed by atoms with Gasteiger partial charge in [0.05, 0.1) is 0 Å². The van der Waals surface area contributed by atoms with E-state index >= 15 is 0 Å². The van der Waals surface area contributed by atoms with E-state index < -0.39 is 0 Å². The number of benzene rings is 1. The topological polar surface area (TPSA) is 0 Å². The summed E-state index contributed by atoms with van der Waals surface area (Å²) in [6, 6.07) is 9.27. The highest BCUT2D eigenvalue weighted by molar-refractivity contribution is 9.10. The molecule has 0 saturated carbocycles. The van der Waals surface area contributed by atoms with Gasteiger partial charge < -0.3 is 0 Å². The van der Waals surface area contributed by atoms with Gasteiger partial charge in [-0.05, 0) is 30.0 Å². The molecule has 0 aliphatic heterocycles. The third-order valence-corrected chi connectivity index (χ3v) is 2.63. The van der Waals surface area contributed by atoms with Crippen molar-refractivity contribution in [1.82, 2.24) is 0 Å². The molecule has 0 aliphatic rings. The molecule has 0 bridgehead atoms. The lowest BCUT2D eigenvalue weighted by atomic mass is 9.99. The van der Waals surface area contributed by atoms with Crippen molar-refractivity contribution in [3.63, 3.8) is 0 Å². The van der Waals surface area contributed by atoms with Crippen molar-refractivity contribution in [2.45, 2.75) is 26.2 Å². The van der Waals surface area contributed by atoms with Gasteiger partial charge in [-0.2, -0.15) is 0 Å². The molecule has 1 atom stereocenters. The van der Waals surface area contributed by atoms with Gasteiger partial charge in [0.2, 0.25) is 0 Å². The summed E-state index contributed by atoms with van der Waals surface area (Å²) < 4.78 is 1.18. The molecule has 0 spiro atoms.